The van der Waals surface area contributed by atoms with Crippen molar-refractivity contribution in [1.82, 2.24) is 14.5 Å². The SMILES string of the molecule is COCC(c1ccccc1)n1c(COC(C)C)nc(=O)c(S(=O)(=O)c2ccc(-c3cnccc3C#N)cc2)c1O. The maximum absolute atomic E-state index is 13.8. The highest BCUT2D eigenvalue weighted by atomic mass is 32.2. The highest BCUT2D eigenvalue weighted by molar-refractivity contribution is 7.91. The maximum atomic E-state index is 13.8. The quantitative estimate of drug-likeness (QED) is 0.305. The molecule has 2 heterocycles. The van der Waals surface area contributed by atoms with E-state index in [4.69, 9.17) is 9.47 Å². The second-order valence-electron chi connectivity index (χ2n) is 9.16. The van der Waals surface area contributed by atoms with E-state index in [-0.39, 0.29) is 30.0 Å². The third-order valence-electron chi connectivity index (χ3n) is 6.19. The van der Waals surface area contributed by atoms with Crippen molar-refractivity contribution >= 4 is 9.84 Å². The second-order valence-corrected chi connectivity index (χ2v) is 11.0. The van der Waals surface area contributed by atoms with Crippen LogP contribution in [-0.4, -0.2) is 47.9 Å². The monoisotopic (exact) mass is 560 g/mol. The number of sulfone groups is 1. The van der Waals surface area contributed by atoms with Gasteiger partial charge in [-0.05, 0) is 43.2 Å². The number of hydrogen-bond acceptors (Lipinski definition) is 9. The first kappa shape index (κ1) is 28.6. The zero-order valence-corrected chi connectivity index (χ0v) is 23.0. The van der Waals surface area contributed by atoms with Crippen molar-refractivity contribution in [3.63, 3.8) is 0 Å². The molecule has 0 aliphatic heterocycles. The van der Waals surface area contributed by atoms with E-state index in [0.29, 0.717) is 22.3 Å². The number of nitriles is 1. The lowest BCUT2D eigenvalue weighted by atomic mass is 10.0. The van der Waals surface area contributed by atoms with Crippen molar-refractivity contribution in [2.45, 2.75) is 42.4 Å². The minimum absolute atomic E-state index is 0.0528. The van der Waals surface area contributed by atoms with E-state index in [2.05, 4.69) is 16.0 Å². The van der Waals surface area contributed by atoms with Gasteiger partial charge in [-0.2, -0.15) is 10.2 Å². The third kappa shape index (κ3) is 5.79. The molecule has 0 saturated heterocycles. The molecule has 4 rings (SSSR count). The van der Waals surface area contributed by atoms with E-state index in [1.165, 1.54) is 48.3 Å². The molecule has 1 atom stereocenters. The Hall–Kier alpha value is -4.37. The predicted molar refractivity (Wildman–Crippen MR) is 146 cm³/mol. The van der Waals surface area contributed by atoms with E-state index in [9.17, 15) is 23.6 Å². The largest absolute Gasteiger partial charge is 0.493 e. The number of hydrogen-bond donors (Lipinski definition) is 1. The first-order valence-electron chi connectivity index (χ1n) is 12.4. The molecule has 4 aromatic rings. The Kier molecular flexibility index (Phi) is 8.74. The molecule has 40 heavy (non-hydrogen) atoms. The highest BCUT2D eigenvalue weighted by Crippen LogP contribution is 2.33. The second kappa shape index (κ2) is 12.2. The Balaban J connectivity index is 1.88. The molecule has 0 bridgehead atoms. The topological polar surface area (TPSA) is 144 Å². The summed E-state index contributed by atoms with van der Waals surface area (Å²) in [6, 6.07) is 17.6. The molecule has 0 saturated carbocycles. The summed E-state index contributed by atoms with van der Waals surface area (Å²) in [5.74, 6) is -0.714. The molecule has 0 radical (unpaired) electrons. The van der Waals surface area contributed by atoms with E-state index in [1.54, 1.807) is 44.2 Å². The Morgan fingerprint density at radius 2 is 1.77 bits per heavy atom. The smallest absolute Gasteiger partial charge is 0.296 e. The summed E-state index contributed by atoms with van der Waals surface area (Å²) in [5, 5.41) is 20.9. The number of rotatable bonds is 10. The Morgan fingerprint density at radius 3 is 2.40 bits per heavy atom. The number of benzene rings is 2. The van der Waals surface area contributed by atoms with Gasteiger partial charge in [0, 0.05) is 25.1 Å². The number of pyridine rings is 1. The molecule has 0 spiro atoms. The molecule has 1 unspecified atom stereocenters. The molecule has 206 valence electrons. The van der Waals surface area contributed by atoms with Crippen LogP contribution >= 0.6 is 0 Å². The van der Waals surface area contributed by atoms with Crippen molar-refractivity contribution in [1.29, 1.82) is 5.26 Å². The summed E-state index contributed by atoms with van der Waals surface area (Å²) in [7, 11) is -3.05. The zero-order chi connectivity index (χ0) is 28.9. The van der Waals surface area contributed by atoms with Crippen molar-refractivity contribution in [2.75, 3.05) is 13.7 Å². The van der Waals surface area contributed by atoms with Gasteiger partial charge >= 0.3 is 0 Å². The van der Waals surface area contributed by atoms with E-state index in [1.807, 2.05) is 6.07 Å². The van der Waals surface area contributed by atoms with Crippen molar-refractivity contribution in [2.24, 2.45) is 0 Å². The fourth-order valence-electron chi connectivity index (χ4n) is 4.26. The van der Waals surface area contributed by atoms with Crippen LogP contribution in [0.1, 0.15) is 36.8 Å². The van der Waals surface area contributed by atoms with Crippen molar-refractivity contribution in [3.8, 4) is 23.1 Å². The molecule has 11 heteroatoms. The van der Waals surface area contributed by atoms with Crippen LogP contribution in [0.4, 0.5) is 0 Å². The third-order valence-corrected chi connectivity index (χ3v) is 7.97. The summed E-state index contributed by atoms with van der Waals surface area (Å²) in [4.78, 5) is 20.2. The van der Waals surface area contributed by atoms with Crippen LogP contribution < -0.4 is 5.56 Å². The molecule has 2 aromatic carbocycles. The average Bonchev–Trinajstić information content (AvgIpc) is 2.95. The van der Waals surface area contributed by atoms with E-state index in [0.717, 1.165) is 0 Å². The van der Waals surface area contributed by atoms with Gasteiger partial charge in [-0.1, -0.05) is 42.5 Å². The molecule has 10 nitrogen and oxygen atoms in total. The molecule has 0 aliphatic carbocycles. The summed E-state index contributed by atoms with van der Waals surface area (Å²) in [6.45, 7) is 3.52. The van der Waals surface area contributed by atoms with Gasteiger partial charge in [0.2, 0.25) is 15.7 Å². The lowest BCUT2D eigenvalue weighted by Crippen LogP contribution is -2.29. The minimum Gasteiger partial charge on any atom is -0.493 e. The number of methoxy groups -OCH3 is 1. The normalized spacial score (nSPS) is 12.3. The minimum atomic E-state index is -4.52. The average molecular weight is 561 g/mol. The number of aromatic nitrogens is 3. The van der Waals surface area contributed by atoms with E-state index < -0.39 is 32.2 Å². The highest BCUT2D eigenvalue weighted by Gasteiger charge is 2.32. The summed E-state index contributed by atoms with van der Waals surface area (Å²) in [5.41, 5.74) is 1.06. The molecular weight excluding hydrogens is 532 g/mol. The summed E-state index contributed by atoms with van der Waals surface area (Å²) < 4.78 is 39.9. The number of aromatic hydroxyl groups is 1. The van der Waals surface area contributed by atoms with Gasteiger partial charge in [0.15, 0.2) is 4.90 Å². The lowest BCUT2D eigenvalue weighted by molar-refractivity contribution is 0.0554. The summed E-state index contributed by atoms with van der Waals surface area (Å²) in [6.07, 6.45) is 2.78. The van der Waals surface area contributed by atoms with Gasteiger partial charge in [-0.3, -0.25) is 14.3 Å². The molecule has 0 fully saturated rings. The molecule has 0 amide bonds. The Bertz CT molecular complexity index is 1700. The first-order valence-corrected chi connectivity index (χ1v) is 13.9. The van der Waals surface area contributed by atoms with Gasteiger partial charge in [0.1, 0.15) is 12.4 Å². The van der Waals surface area contributed by atoms with Gasteiger partial charge in [0.05, 0.1) is 35.3 Å². The Morgan fingerprint density at radius 1 is 1.07 bits per heavy atom. The fraction of sp³-hybridized carbons (Fsp3) is 0.241. The molecule has 2 aromatic heterocycles. The van der Waals surface area contributed by atoms with Crippen LogP contribution in [0.3, 0.4) is 0 Å². The Labute approximate surface area is 232 Å². The maximum Gasteiger partial charge on any atom is 0.296 e. The molecule has 1 N–H and O–H groups in total. The van der Waals surface area contributed by atoms with Crippen LogP contribution in [0.15, 0.2) is 87.6 Å². The number of ether oxygens (including phenoxy) is 2. The van der Waals surface area contributed by atoms with Crippen LogP contribution in [-0.2, 0) is 25.9 Å². The van der Waals surface area contributed by atoms with Crippen LogP contribution in [0.5, 0.6) is 5.88 Å². The molecule has 0 aliphatic rings. The first-order chi connectivity index (χ1) is 19.2. The number of nitrogens with zero attached hydrogens (tertiary/aromatic N) is 4. The standard InChI is InChI=1S/C29H28N4O6S/c1-19(2)39-18-26-32-28(34)27(29(35)33(26)25(17-38-3)21-7-5-4-6-8-21)40(36,37)23-11-9-20(10-12-23)24-16-31-14-13-22(24)15-30/h4-14,16,19,25,35H,17-18H2,1-3H3. The zero-order valence-electron chi connectivity index (χ0n) is 22.2. The van der Waals surface area contributed by atoms with E-state index >= 15 is 0 Å². The van der Waals surface area contributed by atoms with Gasteiger partial charge in [-0.15, -0.1) is 0 Å². The van der Waals surface area contributed by atoms with Crippen LogP contribution in [0.2, 0.25) is 0 Å². The van der Waals surface area contributed by atoms with Gasteiger partial charge in [0.25, 0.3) is 5.56 Å². The summed E-state index contributed by atoms with van der Waals surface area (Å²) >= 11 is 0. The van der Waals surface area contributed by atoms with Gasteiger partial charge in [-0.25, -0.2) is 8.42 Å². The molecular formula is C29H28N4O6S. The van der Waals surface area contributed by atoms with Crippen molar-refractivity contribution in [3.05, 3.63) is 100 Å². The fourth-order valence-corrected chi connectivity index (χ4v) is 5.61. The lowest BCUT2D eigenvalue weighted by Gasteiger charge is -2.25. The predicted octanol–water partition coefficient (Wildman–Crippen LogP) is 3.88. The van der Waals surface area contributed by atoms with Gasteiger partial charge < -0.3 is 14.6 Å². The van der Waals surface area contributed by atoms with Crippen molar-refractivity contribution < 1.29 is 23.0 Å². The van der Waals surface area contributed by atoms with Crippen LogP contribution in [0, 0.1) is 11.3 Å². The van der Waals surface area contributed by atoms with Crippen LogP contribution in [0.25, 0.3) is 11.1 Å².